The molecule has 0 aliphatic rings. The van der Waals surface area contributed by atoms with Crippen LogP contribution in [0.5, 0.6) is 11.5 Å². The Hall–Kier alpha value is -2.34. The first-order valence-electron chi connectivity index (χ1n) is 7.17. The molecule has 0 aromatic heterocycles. The maximum atomic E-state index is 13.1. The average Bonchev–Trinajstić information content (AvgIpc) is 2.53. The highest BCUT2D eigenvalue weighted by Crippen LogP contribution is 2.17. The van der Waals surface area contributed by atoms with Gasteiger partial charge in [0.1, 0.15) is 23.9 Å². The lowest BCUT2D eigenvalue weighted by atomic mass is 10.3. The Morgan fingerprint density at radius 1 is 1.17 bits per heavy atom. The number of methoxy groups -OCH3 is 1. The monoisotopic (exact) mass is 334 g/mol. The molecule has 0 radical (unpaired) electrons. The van der Waals surface area contributed by atoms with Gasteiger partial charge in [0, 0.05) is 5.69 Å². The number of halogens is 1. The Morgan fingerprint density at radius 3 is 2.52 bits per heavy atom. The van der Waals surface area contributed by atoms with E-state index in [1.165, 1.54) is 12.1 Å². The van der Waals surface area contributed by atoms with Gasteiger partial charge in [0.15, 0.2) is 5.11 Å². The van der Waals surface area contributed by atoms with Crippen molar-refractivity contribution in [1.82, 2.24) is 5.32 Å². The van der Waals surface area contributed by atoms with Gasteiger partial charge in [0.25, 0.3) is 0 Å². The van der Waals surface area contributed by atoms with Gasteiger partial charge < -0.3 is 20.1 Å². The summed E-state index contributed by atoms with van der Waals surface area (Å²) in [6.45, 7) is 2.39. The van der Waals surface area contributed by atoms with Crippen LogP contribution in [-0.4, -0.2) is 24.9 Å². The SMILES string of the molecule is COc1ccc(OC[C@@H](C)NC(=S)Nc2cccc(F)c2)cc1. The van der Waals surface area contributed by atoms with Crippen LogP contribution in [-0.2, 0) is 0 Å². The topological polar surface area (TPSA) is 42.5 Å². The minimum absolute atomic E-state index is 0.00865. The van der Waals surface area contributed by atoms with Gasteiger partial charge in [0.05, 0.1) is 13.2 Å². The van der Waals surface area contributed by atoms with Crippen molar-refractivity contribution in [2.45, 2.75) is 13.0 Å². The molecule has 0 saturated heterocycles. The van der Waals surface area contributed by atoms with E-state index in [1.807, 2.05) is 31.2 Å². The lowest BCUT2D eigenvalue weighted by molar-refractivity contribution is 0.286. The Bertz CT molecular complexity index is 649. The molecule has 6 heteroatoms. The summed E-state index contributed by atoms with van der Waals surface area (Å²) >= 11 is 5.20. The maximum Gasteiger partial charge on any atom is 0.171 e. The molecule has 0 spiro atoms. The lowest BCUT2D eigenvalue weighted by Gasteiger charge is -2.17. The summed E-state index contributed by atoms with van der Waals surface area (Å²) in [5.74, 6) is 1.22. The molecule has 0 bridgehead atoms. The summed E-state index contributed by atoms with van der Waals surface area (Å²) in [6, 6.07) is 13.5. The molecule has 0 heterocycles. The smallest absolute Gasteiger partial charge is 0.171 e. The van der Waals surface area contributed by atoms with Crippen LogP contribution in [0.2, 0.25) is 0 Å². The number of anilines is 1. The van der Waals surface area contributed by atoms with Crippen LogP contribution in [0, 0.1) is 5.82 Å². The Balaban J connectivity index is 1.77. The first-order valence-corrected chi connectivity index (χ1v) is 7.57. The summed E-state index contributed by atoms with van der Waals surface area (Å²) in [5.41, 5.74) is 0.603. The average molecular weight is 334 g/mol. The van der Waals surface area contributed by atoms with Gasteiger partial charge in [-0.2, -0.15) is 0 Å². The fourth-order valence-electron chi connectivity index (χ4n) is 1.89. The minimum Gasteiger partial charge on any atom is -0.497 e. The minimum atomic E-state index is -0.311. The summed E-state index contributed by atoms with van der Waals surface area (Å²) in [5, 5.41) is 6.44. The van der Waals surface area contributed by atoms with Crippen LogP contribution < -0.4 is 20.1 Å². The fourth-order valence-corrected chi connectivity index (χ4v) is 2.21. The molecule has 0 unspecified atom stereocenters. The van der Waals surface area contributed by atoms with E-state index in [9.17, 15) is 4.39 Å². The largest absolute Gasteiger partial charge is 0.497 e. The van der Waals surface area contributed by atoms with E-state index >= 15 is 0 Å². The molecular formula is C17H19FN2O2S. The molecule has 0 aliphatic carbocycles. The van der Waals surface area contributed by atoms with Crippen LogP contribution in [0.1, 0.15) is 6.92 Å². The molecule has 0 fully saturated rings. The van der Waals surface area contributed by atoms with Gasteiger partial charge in [-0.05, 0) is 61.6 Å². The zero-order chi connectivity index (χ0) is 16.7. The molecule has 122 valence electrons. The van der Waals surface area contributed by atoms with Crippen LogP contribution in [0.25, 0.3) is 0 Å². The number of rotatable bonds is 6. The number of thiocarbonyl (C=S) groups is 1. The molecule has 2 aromatic carbocycles. The molecular weight excluding hydrogens is 315 g/mol. The number of benzene rings is 2. The Kier molecular flexibility index (Phi) is 6.17. The van der Waals surface area contributed by atoms with E-state index in [4.69, 9.17) is 21.7 Å². The summed E-state index contributed by atoms with van der Waals surface area (Å²) in [4.78, 5) is 0. The number of hydrogen-bond acceptors (Lipinski definition) is 3. The van der Waals surface area contributed by atoms with Crippen molar-refractivity contribution in [3.05, 3.63) is 54.3 Å². The third-order valence-corrected chi connectivity index (χ3v) is 3.24. The number of hydrogen-bond donors (Lipinski definition) is 2. The molecule has 0 saturated carbocycles. The first kappa shape index (κ1) is 17.0. The molecule has 1 atom stereocenters. The third-order valence-electron chi connectivity index (χ3n) is 3.02. The fraction of sp³-hybridized carbons (Fsp3) is 0.235. The van der Waals surface area contributed by atoms with E-state index in [1.54, 1.807) is 19.2 Å². The molecule has 2 rings (SSSR count). The quantitative estimate of drug-likeness (QED) is 0.790. The number of nitrogens with one attached hydrogen (secondary N) is 2. The van der Waals surface area contributed by atoms with Crippen LogP contribution >= 0.6 is 12.2 Å². The van der Waals surface area contributed by atoms with E-state index in [0.717, 1.165) is 11.5 Å². The lowest BCUT2D eigenvalue weighted by Crippen LogP contribution is -2.39. The van der Waals surface area contributed by atoms with Gasteiger partial charge in [-0.25, -0.2) is 4.39 Å². The van der Waals surface area contributed by atoms with Crippen LogP contribution in [0.15, 0.2) is 48.5 Å². The van der Waals surface area contributed by atoms with E-state index in [0.29, 0.717) is 17.4 Å². The van der Waals surface area contributed by atoms with Crippen molar-refractivity contribution >= 4 is 23.0 Å². The highest BCUT2D eigenvalue weighted by Gasteiger charge is 2.06. The van der Waals surface area contributed by atoms with Crippen LogP contribution in [0.3, 0.4) is 0 Å². The van der Waals surface area contributed by atoms with Crippen molar-refractivity contribution in [3.63, 3.8) is 0 Å². The predicted molar refractivity (Wildman–Crippen MR) is 93.7 cm³/mol. The maximum absolute atomic E-state index is 13.1. The molecule has 0 amide bonds. The standard InChI is InChI=1S/C17H19FN2O2S/c1-12(11-22-16-8-6-15(21-2)7-9-16)19-17(23)20-14-5-3-4-13(18)10-14/h3-10,12H,11H2,1-2H3,(H2,19,20,23)/t12-/m1/s1. The second-order valence-corrected chi connectivity index (χ2v) is 5.40. The highest BCUT2D eigenvalue weighted by molar-refractivity contribution is 7.80. The first-order chi connectivity index (χ1) is 11.1. The van der Waals surface area contributed by atoms with Gasteiger partial charge in [-0.15, -0.1) is 0 Å². The molecule has 23 heavy (non-hydrogen) atoms. The third kappa shape index (κ3) is 5.75. The Morgan fingerprint density at radius 2 is 1.87 bits per heavy atom. The number of ether oxygens (including phenoxy) is 2. The van der Waals surface area contributed by atoms with Gasteiger partial charge in [-0.1, -0.05) is 6.07 Å². The van der Waals surface area contributed by atoms with Gasteiger partial charge in [-0.3, -0.25) is 0 Å². The summed E-state index contributed by atoms with van der Waals surface area (Å²) < 4.78 is 23.9. The van der Waals surface area contributed by atoms with Crippen LogP contribution in [0.4, 0.5) is 10.1 Å². The molecule has 2 aromatic rings. The van der Waals surface area contributed by atoms with Gasteiger partial charge in [0.2, 0.25) is 0 Å². The normalized spacial score (nSPS) is 11.4. The highest BCUT2D eigenvalue weighted by atomic mass is 32.1. The van der Waals surface area contributed by atoms with Crippen molar-refractivity contribution in [3.8, 4) is 11.5 Å². The second kappa shape index (κ2) is 8.33. The van der Waals surface area contributed by atoms with E-state index in [2.05, 4.69) is 10.6 Å². The molecule has 4 nitrogen and oxygen atoms in total. The van der Waals surface area contributed by atoms with Crippen molar-refractivity contribution in [2.75, 3.05) is 19.0 Å². The van der Waals surface area contributed by atoms with Crippen molar-refractivity contribution in [2.24, 2.45) is 0 Å². The zero-order valence-electron chi connectivity index (χ0n) is 13.0. The zero-order valence-corrected chi connectivity index (χ0v) is 13.8. The summed E-state index contributed by atoms with van der Waals surface area (Å²) in [6.07, 6.45) is 0. The van der Waals surface area contributed by atoms with E-state index in [-0.39, 0.29) is 11.9 Å². The van der Waals surface area contributed by atoms with Crippen molar-refractivity contribution in [1.29, 1.82) is 0 Å². The van der Waals surface area contributed by atoms with Gasteiger partial charge >= 0.3 is 0 Å². The van der Waals surface area contributed by atoms with Crippen molar-refractivity contribution < 1.29 is 13.9 Å². The predicted octanol–water partition coefficient (Wildman–Crippen LogP) is 3.59. The Labute approximate surface area is 140 Å². The second-order valence-electron chi connectivity index (χ2n) is 5.00. The van der Waals surface area contributed by atoms with E-state index < -0.39 is 0 Å². The molecule has 2 N–H and O–H groups in total. The summed E-state index contributed by atoms with van der Waals surface area (Å²) in [7, 11) is 1.62. The molecule has 0 aliphatic heterocycles.